The first-order valence-electron chi connectivity index (χ1n) is 10.6. The minimum absolute atomic E-state index is 0.666. The van der Waals surface area contributed by atoms with Crippen LogP contribution in [0.5, 0.6) is 0 Å². The minimum Gasteiger partial charge on any atom is -0.103 e. The van der Waals surface area contributed by atoms with Crippen molar-refractivity contribution in [2.45, 2.75) is 111 Å². The summed E-state index contributed by atoms with van der Waals surface area (Å²) in [6.07, 6.45) is 22.8. The van der Waals surface area contributed by atoms with Gasteiger partial charge in [0.25, 0.3) is 0 Å². The number of rotatable bonds is 17. The predicted molar refractivity (Wildman–Crippen MR) is 113 cm³/mol. The first-order chi connectivity index (χ1) is 11.7. The lowest BCUT2D eigenvalue weighted by molar-refractivity contribution is 0.514. The second kappa shape index (κ2) is 17.1. The first-order valence-corrected chi connectivity index (χ1v) is 10.6. The summed E-state index contributed by atoms with van der Waals surface area (Å²) in [5, 5.41) is 0. The molecule has 0 aliphatic carbocycles. The lowest BCUT2D eigenvalue weighted by atomic mass is 9.90. The first kappa shape index (κ1) is 23.2. The molecule has 0 rings (SSSR count). The van der Waals surface area contributed by atoms with Crippen LogP contribution in [0.3, 0.4) is 0 Å². The lowest BCUT2D eigenvalue weighted by Crippen LogP contribution is -2.00. The zero-order valence-electron chi connectivity index (χ0n) is 17.0. The average Bonchev–Trinajstić information content (AvgIpc) is 2.58. The Labute approximate surface area is 153 Å². The van der Waals surface area contributed by atoms with Crippen LogP contribution in [0.2, 0.25) is 0 Å². The monoisotopic (exact) mass is 332 g/mol. The van der Waals surface area contributed by atoms with Crippen molar-refractivity contribution in [3.05, 3.63) is 36.5 Å². The van der Waals surface area contributed by atoms with E-state index in [9.17, 15) is 0 Å². The van der Waals surface area contributed by atoms with Crippen molar-refractivity contribution < 1.29 is 0 Å². The van der Waals surface area contributed by atoms with Crippen LogP contribution < -0.4 is 0 Å². The largest absolute Gasteiger partial charge is 0.103 e. The van der Waals surface area contributed by atoms with Crippen molar-refractivity contribution in [1.82, 2.24) is 0 Å². The highest BCUT2D eigenvalue weighted by molar-refractivity contribution is 5.09. The van der Waals surface area contributed by atoms with Gasteiger partial charge in [0.05, 0.1) is 0 Å². The number of unbranched alkanes of at least 4 members (excludes halogenated alkanes) is 6. The molecule has 0 fully saturated rings. The fraction of sp³-hybridized carbons (Fsp3) is 0.750. The summed E-state index contributed by atoms with van der Waals surface area (Å²) < 4.78 is 0. The highest BCUT2D eigenvalue weighted by Crippen LogP contribution is 2.25. The predicted octanol–water partition coefficient (Wildman–Crippen LogP) is 8.79. The second-order valence-corrected chi connectivity index (χ2v) is 7.41. The van der Waals surface area contributed by atoms with Crippen LogP contribution in [0.25, 0.3) is 0 Å². The van der Waals surface area contributed by atoms with E-state index in [4.69, 9.17) is 0 Å². The minimum atomic E-state index is 0.666. The zero-order chi connectivity index (χ0) is 18.0. The SMILES string of the molecule is C=CC(CCCCCCC)CC(=CCCCC)CCC(=C)CCC. The third-order valence-electron chi connectivity index (χ3n) is 4.93. The fourth-order valence-electron chi connectivity index (χ4n) is 3.26. The summed E-state index contributed by atoms with van der Waals surface area (Å²) in [5.74, 6) is 0.666. The van der Waals surface area contributed by atoms with Crippen LogP contribution >= 0.6 is 0 Å². The third kappa shape index (κ3) is 13.6. The maximum atomic E-state index is 4.24. The van der Waals surface area contributed by atoms with Gasteiger partial charge in [-0.05, 0) is 44.4 Å². The Kier molecular flexibility index (Phi) is 16.5. The Morgan fingerprint density at radius 1 is 0.833 bits per heavy atom. The molecule has 0 aliphatic rings. The Hall–Kier alpha value is -0.780. The van der Waals surface area contributed by atoms with Gasteiger partial charge >= 0.3 is 0 Å². The topological polar surface area (TPSA) is 0 Å². The van der Waals surface area contributed by atoms with Crippen molar-refractivity contribution in [2.24, 2.45) is 5.92 Å². The number of allylic oxidation sites excluding steroid dienone is 4. The van der Waals surface area contributed by atoms with Gasteiger partial charge in [-0.15, -0.1) is 6.58 Å². The molecule has 0 aromatic heterocycles. The highest BCUT2D eigenvalue weighted by atomic mass is 14.1. The van der Waals surface area contributed by atoms with Gasteiger partial charge in [0.1, 0.15) is 0 Å². The Morgan fingerprint density at radius 2 is 1.54 bits per heavy atom. The van der Waals surface area contributed by atoms with Crippen molar-refractivity contribution in [3.8, 4) is 0 Å². The van der Waals surface area contributed by atoms with Crippen LogP contribution in [0.4, 0.5) is 0 Å². The summed E-state index contributed by atoms with van der Waals surface area (Å²) in [5.41, 5.74) is 3.08. The normalized spacial score (nSPS) is 13.0. The molecule has 140 valence electrons. The molecule has 0 saturated carbocycles. The Bertz CT molecular complexity index is 334. The van der Waals surface area contributed by atoms with Gasteiger partial charge in [-0.2, -0.15) is 0 Å². The van der Waals surface area contributed by atoms with Crippen LogP contribution in [-0.4, -0.2) is 0 Å². The Morgan fingerprint density at radius 3 is 2.17 bits per heavy atom. The quantitative estimate of drug-likeness (QED) is 0.184. The van der Waals surface area contributed by atoms with Gasteiger partial charge in [-0.25, -0.2) is 0 Å². The molecule has 0 N–H and O–H groups in total. The molecule has 0 bridgehead atoms. The van der Waals surface area contributed by atoms with E-state index < -0.39 is 0 Å². The fourth-order valence-corrected chi connectivity index (χ4v) is 3.26. The molecule has 0 saturated heterocycles. The molecule has 0 nitrogen and oxygen atoms in total. The van der Waals surface area contributed by atoms with Crippen LogP contribution in [0.15, 0.2) is 36.5 Å². The van der Waals surface area contributed by atoms with E-state index in [1.165, 1.54) is 95.5 Å². The summed E-state index contributed by atoms with van der Waals surface area (Å²) in [4.78, 5) is 0. The van der Waals surface area contributed by atoms with E-state index >= 15 is 0 Å². The van der Waals surface area contributed by atoms with E-state index in [-0.39, 0.29) is 0 Å². The van der Waals surface area contributed by atoms with Gasteiger partial charge in [0.15, 0.2) is 0 Å². The van der Waals surface area contributed by atoms with E-state index in [0.29, 0.717) is 5.92 Å². The standard InChI is InChI=1S/C24H44/c1-6-10-12-13-15-17-23(9-4)21-24(18-14-11-7-2)20-19-22(5)16-8-3/h9,18,23H,4-8,10-17,19-21H2,1-3H3. The molecule has 0 radical (unpaired) electrons. The number of hydrogen-bond donors (Lipinski definition) is 0. The smallest absolute Gasteiger partial charge is 0.0199 e. The van der Waals surface area contributed by atoms with Crippen molar-refractivity contribution >= 4 is 0 Å². The zero-order valence-corrected chi connectivity index (χ0v) is 17.0. The lowest BCUT2D eigenvalue weighted by Gasteiger charge is -2.16. The number of hydrogen-bond acceptors (Lipinski definition) is 0. The molecule has 0 spiro atoms. The van der Waals surface area contributed by atoms with Gasteiger partial charge < -0.3 is 0 Å². The average molecular weight is 333 g/mol. The summed E-state index contributed by atoms with van der Waals surface area (Å²) >= 11 is 0. The van der Waals surface area contributed by atoms with Crippen LogP contribution in [0, 0.1) is 5.92 Å². The van der Waals surface area contributed by atoms with Crippen LogP contribution in [-0.2, 0) is 0 Å². The second-order valence-electron chi connectivity index (χ2n) is 7.41. The summed E-state index contributed by atoms with van der Waals surface area (Å²) in [6, 6.07) is 0. The molecule has 1 unspecified atom stereocenters. The molecule has 0 amide bonds. The summed E-state index contributed by atoms with van der Waals surface area (Å²) in [6.45, 7) is 15.2. The van der Waals surface area contributed by atoms with Gasteiger partial charge in [0, 0.05) is 0 Å². The molecule has 0 aromatic carbocycles. The molecule has 0 heterocycles. The Balaban J connectivity index is 4.38. The van der Waals surface area contributed by atoms with Gasteiger partial charge in [0.2, 0.25) is 0 Å². The molecule has 0 aliphatic heterocycles. The van der Waals surface area contributed by atoms with Gasteiger partial charge in [-0.3, -0.25) is 0 Å². The molecule has 1 atom stereocenters. The molecular weight excluding hydrogens is 288 g/mol. The molecule has 0 heteroatoms. The molecule has 0 aromatic rings. The maximum absolute atomic E-state index is 4.24. The van der Waals surface area contributed by atoms with Crippen molar-refractivity contribution in [1.29, 1.82) is 0 Å². The van der Waals surface area contributed by atoms with E-state index in [1.807, 2.05) is 0 Å². The van der Waals surface area contributed by atoms with Gasteiger partial charge in [-0.1, -0.05) is 102 Å². The van der Waals surface area contributed by atoms with E-state index in [0.717, 1.165) is 0 Å². The van der Waals surface area contributed by atoms with E-state index in [2.05, 4.69) is 46.1 Å². The molecular formula is C24H44. The maximum Gasteiger partial charge on any atom is -0.0199 e. The highest BCUT2D eigenvalue weighted by Gasteiger charge is 2.08. The van der Waals surface area contributed by atoms with Crippen molar-refractivity contribution in [3.63, 3.8) is 0 Å². The summed E-state index contributed by atoms with van der Waals surface area (Å²) in [7, 11) is 0. The van der Waals surface area contributed by atoms with E-state index in [1.54, 1.807) is 5.57 Å². The molecule has 24 heavy (non-hydrogen) atoms. The van der Waals surface area contributed by atoms with Crippen molar-refractivity contribution in [2.75, 3.05) is 0 Å². The van der Waals surface area contributed by atoms with Crippen LogP contribution in [0.1, 0.15) is 111 Å². The third-order valence-corrected chi connectivity index (χ3v) is 4.93.